The quantitative estimate of drug-likeness (QED) is 0.551. The molecule has 0 spiro atoms. The highest BCUT2D eigenvalue weighted by molar-refractivity contribution is 6.02. The van der Waals surface area contributed by atoms with Crippen molar-refractivity contribution in [1.29, 1.82) is 0 Å². The van der Waals surface area contributed by atoms with Crippen molar-refractivity contribution < 1.29 is 13.9 Å². The Labute approximate surface area is 161 Å². The summed E-state index contributed by atoms with van der Waals surface area (Å²) in [5.74, 6) is 1.08. The lowest BCUT2D eigenvalue weighted by Crippen LogP contribution is -2.13. The van der Waals surface area contributed by atoms with E-state index in [4.69, 9.17) is 9.15 Å². The van der Waals surface area contributed by atoms with Crippen LogP contribution in [0.3, 0.4) is 0 Å². The normalized spacial score (nSPS) is 10.4. The summed E-state index contributed by atoms with van der Waals surface area (Å²) in [7, 11) is 0. The Bertz CT molecular complexity index is 1070. The maximum atomic E-state index is 12.2. The number of aromatic nitrogens is 3. The van der Waals surface area contributed by atoms with Gasteiger partial charge in [-0.1, -0.05) is 30.3 Å². The number of anilines is 1. The van der Waals surface area contributed by atoms with Crippen LogP contribution in [0.5, 0.6) is 5.75 Å². The third-order valence-corrected chi connectivity index (χ3v) is 3.84. The predicted molar refractivity (Wildman–Crippen MR) is 103 cm³/mol. The molecule has 0 aliphatic heterocycles. The van der Waals surface area contributed by atoms with E-state index in [-0.39, 0.29) is 12.5 Å². The Morgan fingerprint density at radius 1 is 0.964 bits per heavy atom. The van der Waals surface area contributed by atoms with Crippen molar-refractivity contribution >= 4 is 11.6 Å². The van der Waals surface area contributed by atoms with Gasteiger partial charge in [-0.15, -0.1) is 10.2 Å². The summed E-state index contributed by atoms with van der Waals surface area (Å²) >= 11 is 0. The molecule has 0 saturated heterocycles. The van der Waals surface area contributed by atoms with E-state index in [1.807, 2.05) is 30.3 Å². The highest BCUT2D eigenvalue weighted by Crippen LogP contribution is 2.21. The van der Waals surface area contributed by atoms with Gasteiger partial charge in [0.1, 0.15) is 11.4 Å². The minimum absolute atomic E-state index is 0.122. The standard InChI is InChI=1S/C21H16N4O3/c26-20(18-11-4-5-12-22-18)23-16-9-6-10-17(13-16)27-14-19-24-25-21(28-19)15-7-2-1-3-8-15/h1-13H,14H2,(H,23,26). The fourth-order valence-electron chi connectivity index (χ4n) is 2.51. The number of rotatable bonds is 6. The molecule has 0 atom stereocenters. The smallest absolute Gasteiger partial charge is 0.274 e. The fourth-order valence-corrected chi connectivity index (χ4v) is 2.51. The van der Waals surface area contributed by atoms with E-state index in [2.05, 4.69) is 20.5 Å². The van der Waals surface area contributed by atoms with Crippen molar-refractivity contribution in [3.63, 3.8) is 0 Å². The van der Waals surface area contributed by atoms with Crippen LogP contribution in [0.2, 0.25) is 0 Å². The average molecular weight is 372 g/mol. The van der Waals surface area contributed by atoms with Gasteiger partial charge in [0, 0.05) is 23.5 Å². The summed E-state index contributed by atoms with van der Waals surface area (Å²) < 4.78 is 11.3. The van der Waals surface area contributed by atoms with E-state index in [0.717, 1.165) is 5.56 Å². The number of ether oxygens (including phenoxy) is 1. The molecular formula is C21H16N4O3. The molecule has 28 heavy (non-hydrogen) atoms. The molecule has 0 fully saturated rings. The van der Waals surface area contributed by atoms with Gasteiger partial charge in [-0.05, 0) is 36.4 Å². The van der Waals surface area contributed by atoms with Crippen LogP contribution in [0, 0.1) is 0 Å². The minimum Gasteiger partial charge on any atom is -0.484 e. The molecular weight excluding hydrogens is 356 g/mol. The Balaban J connectivity index is 1.39. The van der Waals surface area contributed by atoms with Crippen molar-refractivity contribution in [2.24, 2.45) is 0 Å². The number of hydrogen-bond donors (Lipinski definition) is 1. The number of carbonyl (C=O) groups is 1. The molecule has 4 rings (SSSR count). The second-order valence-electron chi connectivity index (χ2n) is 5.85. The van der Waals surface area contributed by atoms with Crippen LogP contribution in [-0.2, 0) is 6.61 Å². The summed E-state index contributed by atoms with van der Waals surface area (Å²) in [6, 6.07) is 21.7. The van der Waals surface area contributed by atoms with Gasteiger partial charge < -0.3 is 14.5 Å². The van der Waals surface area contributed by atoms with Gasteiger partial charge >= 0.3 is 0 Å². The fraction of sp³-hybridized carbons (Fsp3) is 0.0476. The Morgan fingerprint density at radius 2 is 1.82 bits per heavy atom. The van der Waals surface area contributed by atoms with Gasteiger partial charge in [0.25, 0.3) is 11.8 Å². The molecule has 7 heteroatoms. The number of hydrogen-bond acceptors (Lipinski definition) is 6. The lowest BCUT2D eigenvalue weighted by molar-refractivity contribution is 0.102. The zero-order valence-electron chi connectivity index (χ0n) is 14.8. The van der Waals surface area contributed by atoms with E-state index in [9.17, 15) is 4.79 Å². The Hall–Kier alpha value is -4.00. The summed E-state index contributed by atoms with van der Waals surface area (Å²) in [6.07, 6.45) is 1.57. The number of nitrogens with zero attached hydrogens (tertiary/aromatic N) is 3. The van der Waals surface area contributed by atoms with E-state index < -0.39 is 0 Å². The molecule has 2 aromatic heterocycles. The molecule has 0 aliphatic rings. The summed E-state index contributed by atoms with van der Waals surface area (Å²) in [6.45, 7) is 0.122. The monoisotopic (exact) mass is 372 g/mol. The van der Waals surface area contributed by atoms with Gasteiger partial charge in [0.15, 0.2) is 6.61 Å². The second-order valence-corrected chi connectivity index (χ2v) is 5.85. The Kier molecular flexibility index (Phi) is 5.06. The molecule has 0 unspecified atom stereocenters. The maximum absolute atomic E-state index is 12.2. The van der Waals surface area contributed by atoms with Crippen molar-refractivity contribution in [1.82, 2.24) is 15.2 Å². The van der Waals surface area contributed by atoms with Crippen molar-refractivity contribution in [3.8, 4) is 17.2 Å². The highest BCUT2D eigenvalue weighted by Gasteiger charge is 2.10. The molecule has 138 valence electrons. The summed E-state index contributed by atoms with van der Waals surface area (Å²) in [4.78, 5) is 16.2. The number of carbonyl (C=O) groups excluding carboxylic acids is 1. The molecule has 0 bridgehead atoms. The van der Waals surface area contributed by atoms with Gasteiger partial charge in [-0.25, -0.2) is 0 Å². The van der Waals surface area contributed by atoms with Gasteiger partial charge in [0.05, 0.1) is 0 Å². The topological polar surface area (TPSA) is 90.1 Å². The first-order valence-electron chi connectivity index (χ1n) is 8.61. The first-order chi connectivity index (χ1) is 13.8. The zero-order valence-corrected chi connectivity index (χ0v) is 14.8. The van der Waals surface area contributed by atoms with Crippen LogP contribution in [-0.4, -0.2) is 21.1 Å². The van der Waals surface area contributed by atoms with Crippen molar-refractivity contribution in [2.75, 3.05) is 5.32 Å². The highest BCUT2D eigenvalue weighted by atomic mass is 16.5. The first kappa shape index (κ1) is 17.4. The minimum atomic E-state index is -0.290. The lowest BCUT2D eigenvalue weighted by atomic mass is 10.2. The average Bonchev–Trinajstić information content (AvgIpc) is 3.23. The maximum Gasteiger partial charge on any atom is 0.274 e. The zero-order chi connectivity index (χ0) is 19.2. The largest absolute Gasteiger partial charge is 0.484 e. The van der Waals surface area contributed by atoms with Gasteiger partial charge in [-0.2, -0.15) is 0 Å². The Morgan fingerprint density at radius 3 is 2.64 bits per heavy atom. The third-order valence-electron chi connectivity index (χ3n) is 3.84. The molecule has 1 N–H and O–H groups in total. The number of pyridine rings is 1. The van der Waals surface area contributed by atoms with E-state index in [1.165, 1.54) is 0 Å². The van der Waals surface area contributed by atoms with Crippen LogP contribution < -0.4 is 10.1 Å². The van der Waals surface area contributed by atoms with Crippen LogP contribution in [0.25, 0.3) is 11.5 Å². The number of nitrogens with one attached hydrogen (secondary N) is 1. The molecule has 0 aliphatic carbocycles. The summed E-state index contributed by atoms with van der Waals surface area (Å²) in [5, 5.41) is 10.8. The number of benzene rings is 2. The molecule has 0 saturated carbocycles. The predicted octanol–water partition coefficient (Wildman–Crippen LogP) is 3.96. The number of amides is 1. The lowest BCUT2D eigenvalue weighted by Gasteiger charge is -2.07. The van der Waals surface area contributed by atoms with Crippen LogP contribution in [0.15, 0.2) is 83.4 Å². The van der Waals surface area contributed by atoms with Crippen LogP contribution >= 0.6 is 0 Å². The van der Waals surface area contributed by atoms with Crippen molar-refractivity contribution in [3.05, 3.63) is 90.6 Å². The summed E-state index contributed by atoms with van der Waals surface area (Å²) in [5.41, 5.74) is 1.79. The van der Waals surface area contributed by atoms with Gasteiger partial charge in [0.2, 0.25) is 5.89 Å². The molecule has 1 amide bonds. The molecule has 0 radical (unpaired) electrons. The van der Waals surface area contributed by atoms with Crippen LogP contribution in [0.4, 0.5) is 5.69 Å². The van der Waals surface area contributed by atoms with E-state index >= 15 is 0 Å². The molecule has 2 heterocycles. The SMILES string of the molecule is O=C(Nc1cccc(OCc2nnc(-c3ccccc3)o2)c1)c1ccccn1. The molecule has 7 nitrogen and oxygen atoms in total. The van der Waals surface area contributed by atoms with Crippen molar-refractivity contribution in [2.45, 2.75) is 6.61 Å². The van der Waals surface area contributed by atoms with Gasteiger partial charge in [-0.3, -0.25) is 9.78 Å². The first-order valence-corrected chi connectivity index (χ1v) is 8.61. The third kappa shape index (κ3) is 4.21. The van der Waals surface area contributed by atoms with Crippen LogP contribution in [0.1, 0.15) is 16.4 Å². The molecule has 4 aromatic rings. The second kappa shape index (κ2) is 8.13. The van der Waals surface area contributed by atoms with E-state index in [0.29, 0.717) is 28.9 Å². The molecule has 2 aromatic carbocycles. The van der Waals surface area contributed by atoms with E-state index in [1.54, 1.807) is 48.7 Å².